The number of hydrogen-bond acceptors (Lipinski definition) is 2. The van der Waals surface area contributed by atoms with Crippen molar-refractivity contribution in [2.24, 2.45) is 0 Å². The van der Waals surface area contributed by atoms with Crippen molar-refractivity contribution in [1.82, 2.24) is 0 Å². The number of hydrogen-bond donors (Lipinski definition) is 0. The van der Waals surface area contributed by atoms with Gasteiger partial charge in [0.05, 0.1) is 6.61 Å². The molecule has 0 radical (unpaired) electrons. The number of rotatable bonds is 5. The van der Waals surface area contributed by atoms with E-state index in [0.717, 1.165) is 17.7 Å². The number of carbonyl (C=O) groups excluding carboxylic acids is 1. The van der Waals surface area contributed by atoms with Crippen LogP contribution in [0.1, 0.15) is 18.9 Å². The molecule has 0 fully saturated rings. The number of ether oxygens (including phenoxy) is 1. The topological polar surface area (TPSA) is 26.3 Å². The van der Waals surface area contributed by atoms with Gasteiger partial charge in [-0.15, -0.1) is 6.42 Å². The van der Waals surface area contributed by atoms with E-state index in [1.165, 1.54) is 0 Å². The average Bonchev–Trinajstić information content (AvgIpc) is 2.17. The van der Waals surface area contributed by atoms with Gasteiger partial charge in [-0.3, -0.25) is 6.29 Å². The van der Waals surface area contributed by atoms with E-state index in [0.29, 0.717) is 13.0 Å². The van der Waals surface area contributed by atoms with Gasteiger partial charge in [0.1, 0.15) is 5.75 Å². The van der Waals surface area contributed by atoms with E-state index >= 15 is 0 Å². The molecule has 14 heavy (non-hydrogen) atoms. The van der Waals surface area contributed by atoms with Crippen LogP contribution in [-0.4, -0.2) is 12.9 Å². The Kier molecular flexibility index (Phi) is 7.28. The Bertz CT molecular complexity index is 274. The van der Waals surface area contributed by atoms with Crippen LogP contribution in [0.4, 0.5) is 0 Å². The van der Waals surface area contributed by atoms with Gasteiger partial charge < -0.3 is 9.53 Å². The molecular weight excluding hydrogens is 171 g/mol. The third-order valence-electron chi connectivity index (χ3n) is 1.70. The molecule has 0 unspecified atom stereocenters. The van der Waals surface area contributed by atoms with Gasteiger partial charge in [-0.1, -0.05) is 25.1 Å². The Labute approximate surface area is 96.8 Å². The van der Waals surface area contributed by atoms with Gasteiger partial charge >= 0.3 is 18.9 Å². The summed E-state index contributed by atoms with van der Waals surface area (Å²) in [5.41, 5.74) is 0.908. The maximum Gasteiger partial charge on any atom is 1.00 e. The first kappa shape index (κ1) is 13.3. The molecule has 0 saturated heterocycles. The number of benzene rings is 1. The molecule has 0 saturated carbocycles. The molecule has 70 valence electrons. The standard InChI is InChI=1S/C11H13O2.Li/c1-2-9-13-11-6-4-3-5-10(11)7-8-12;/h3-6H,2,7,9H2,1H3;/q-1;+1. The molecule has 3 heteroatoms. The second-order valence-corrected chi connectivity index (χ2v) is 2.78. The fraction of sp³-hybridized carbons (Fsp3) is 0.364. The van der Waals surface area contributed by atoms with Crippen LogP contribution in [0.25, 0.3) is 0 Å². The molecular formula is C11H13LiO2. The molecule has 0 amide bonds. The van der Waals surface area contributed by atoms with Gasteiger partial charge in [0, 0.05) is 0 Å². The smallest absolute Gasteiger partial charge is 0.541 e. The van der Waals surface area contributed by atoms with Crippen LogP contribution in [0.2, 0.25) is 0 Å². The van der Waals surface area contributed by atoms with E-state index in [9.17, 15) is 4.79 Å². The van der Waals surface area contributed by atoms with Crippen LogP contribution in [0, 0.1) is 0 Å². The third-order valence-corrected chi connectivity index (χ3v) is 1.70. The predicted octanol–water partition coefficient (Wildman–Crippen LogP) is -0.868. The zero-order valence-electron chi connectivity index (χ0n) is 8.75. The molecule has 0 aliphatic rings. The minimum atomic E-state index is 0. The molecule has 0 N–H and O–H groups in total. The summed E-state index contributed by atoms with van der Waals surface area (Å²) in [6.07, 6.45) is 3.15. The molecule has 0 atom stereocenters. The fourth-order valence-electron chi connectivity index (χ4n) is 1.08. The molecule has 0 spiro atoms. The molecule has 0 aromatic heterocycles. The van der Waals surface area contributed by atoms with Gasteiger partial charge in [0.25, 0.3) is 0 Å². The molecule has 1 aromatic carbocycles. The summed E-state index contributed by atoms with van der Waals surface area (Å²) >= 11 is 0. The van der Waals surface area contributed by atoms with Crippen LogP contribution in [-0.2, 0) is 11.2 Å². The van der Waals surface area contributed by atoms with Crippen molar-refractivity contribution in [3.05, 3.63) is 29.8 Å². The average molecular weight is 184 g/mol. The normalized spacial score (nSPS) is 8.93. The summed E-state index contributed by atoms with van der Waals surface area (Å²) in [4.78, 5) is 10.2. The number of para-hydroxylation sites is 1. The Hall–Kier alpha value is -0.713. The van der Waals surface area contributed by atoms with Crippen LogP contribution >= 0.6 is 0 Å². The first-order chi connectivity index (χ1) is 6.38. The SMILES string of the molecule is CCCOc1ccccc1C[C-]=O.[Li+]. The summed E-state index contributed by atoms with van der Waals surface area (Å²) < 4.78 is 5.46. The van der Waals surface area contributed by atoms with Gasteiger partial charge in [-0.2, -0.15) is 0 Å². The van der Waals surface area contributed by atoms with Crippen molar-refractivity contribution in [1.29, 1.82) is 0 Å². The minimum Gasteiger partial charge on any atom is -0.541 e. The molecule has 2 nitrogen and oxygen atoms in total. The summed E-state index contributed by atoms with van der Waals surface area (Å²) in [7, 11) is 0. The van der Waals surface area contributed by atoms with Crippen LogP contribution in [0.3, 0.4) is 0 Å². The molecule has 1 rings (SSSR count). The van der Waals surface area contributed by atoms with Crippen molar-refractivity contribution in [2.45, 2.75) is 19.8 Å². The van der Waals surface area contributed by atoms with E-state index in [4.69, 9.17) is 4.74 Å². The summed E-state index contributed by atoms with van der Waals surface area (Å²) in [5, 5.41) is 0. The second kappa shape index (κ2) is 7.67. The second-order valence-electron chi connectivity index (χ2n) is 2.78. The Balaban J connectivity index is 0.00000169. The zero-order valence-corrected chi connectivity index (χ0v) is 8.75. The van der Waals surface area contributed by atoms with Crippen LogP contribution in [0.15, 0.2) is 24.3 Å². The monoisotopic (exact) mass is 184 g/mol. The maximum absolute atomic E-state index is 10.2. The largest absolute Gasteiger partial charge is 1.00 e. The van der Waals surface area contributed by atoms with Gasteiger partial charge in [0.15, 0.2) is 0 Å². The van der Waals surface area contributed by atoms with Crippen LogP contribution in [0.5, 0.6) is 5.75 Å². The maximum atomic E-state index is 10.2. The summed E-state index contributed by atoms with van der Waals surface area (Å²) in [6.45, 7) is 2.74. The van der Waals surface area contributed by atoms with Crippen molar-refractivity contribution >= 4 is 6.29 Å². The summed E-state index contributed by atoms with van der Waals surface area (Å²) in [6, 6.07) is 7.56. The van der Waals surface area contributed by atoms with Crippen molar-refractivity contribution in [3.63, 3.8) is 0 Å². The van der Waals surface area contributed by atoms with E-state index in [1.54, 1.807) is 0 Å². The first-order valence-corrected chi connectivity index (χ1v) is 4.44. The van der Waals surface area contributed by atoms with Crippen molar-refractivity contribution < 1.29 is 28.4 Å². The molecule has 0 aliphatic heterocycles. The Morgan fingerprint density at radius 2 is 2.07 bits per heavy atom. The molecule has 0 heterocycles. The van der Waals surface area contributed by atoms with Gasteiger partial charge in [-0.25, -0.2) is 0 Å². The zero-order chi connectivity index (χ0) is 9.52. The minimum absolute atomic E-state index is 0. The van der Waals surface area contributed by atoms with Crippen molar-refractivity contribution in [2.75, 3.05) is 6.61 Å². The van der Waals surface area contributed by atoms with E-state index in [1.807, 2.05) is 30.6 Å². The van der Waals surface area contributed by atoms with Gasteiger partial charge in [0.2, 0.25) is 0 Å². The Morgan fingerprint density at radius 3 is 2.71 bits per heavy atom. The van der Waals surface area contributed by atoms with E-state index < -0.39 is 0 Å². The predicted molar refractivity (Wildman–Crippen MR) is 51.6 cm³/mol. The van der Waals surface area contributed by atoms with Crippen molar-refractivity contribution in [3.8, 4) is 5.75 Å². The quantitative estimate of drug-likeness (QED) is 0.439. The molecule has 0 bridgehead atoms. The van der Waals surface area contributed by atoms with Gasteiger partial charge in [-0.05, 0) is 18.1 Å². The molecule has 0 aliphatic carbocycles. The molecule has 1 aromatic rings. The fourth-order valence-corrected chi connectivity index (χ4v) is 1.08. The van der Waals surface area contributed by atoms with Crippen LogP contribution < -0.4 is 23.6 Å². The first-order valence-electron chi connectivity index (χ1n) is 4.44. The third kappa shape index (κ3) is 4.00. The van der Waals surface area contributed by atoms with E-state index in [-0.39, 0.29) is 18.9 Å². The summed E-state index contributed by atoms with van der Waals surface area (Å²) in [5.74, 6) is 0.799. The Morgan fingerprint density at radius 1 is 1.36 bits per heavy atom. The van der Waals surface area contributed by atoms with E-state index in [2.05, 4.69) is 6.92 Å².